The summed E-state index contributed by atoms with van der Waals surface area (Å²) in [6.07, 6.45) is 0. The zero-order valence-electron chi connectivity index (χ0n) is 10.8. The Morgan fingerprint density at radius 1 is 1.30 bits per heavy atom. The van der Waals surface area contributed by atoms with Gasteiger partial charge in [-0.25, -0.2) is 4.39 Å². The van der Waals surface area contributed by atoms with Crippen LogP contribution in [-0.2, 0) is 0 Å². The van der Waals surface area contributed by atoms with Gasteiger partial charge in [0.2, 0.25) is 0 Å². The van der Waals surface area contributed by atoms with Crippen molar-refractivity contribution < 1.29 is 9.18 Å². The molecule has 1 amide bonds. The molecular formula is C15H12FN3O. The highest BCUT2D eigenvalue weighted by atomic mass is 19.1. The van der Waals surface area contributed by atoms with Gasteiger partial charge in [0, 0.05) is 18.4 Å². The summed E-state index contributed by atoms with van der Waals surface area (Å²) in [7, 11) is 1.52. The fourth-order valence-corrected chi connectivity index (χ4v) is 1.79. The number of carbonyl (C=O) groups is 1. The largest absolute Gasteiger partial charge is 0.399 e. The topological polar surface area (TPSA) is 70.1 Å². The van der Waals surface area contributed by atoms with Crippen LogP contribution in [0.25, 0.3) is 0 Å². The van der Waals surface area contributed by atoms with Gasteiger partial charge in [-0.15, -0.1) is 0 Å². The van der Waals surface area contributed by atoms with Crippen molar-refractivity contribution in [1.29, 1.82) is 5.26 Å². The molecule has 2 aromatic carbocycles. The molecule has 0 aliphatic rings. The Kier molecular flexibility index (Phi) is 3.67. The smallest absolute Gasteiger partial charge is 0.261 e. The SMILES string of the molecule is CN(C(=O)c1cc(N)ccc1F)c1cccc(C#N)c1. The van der Waals surface area contributed by atoms with Crippen LogP contribution in [0.4, 0.5) is 15.8 Å². The Bertz CT molecular complexity index is 707. The molecule has 0 aliphatic carbocycles. The number of nitrogen functional groups attached to an aromatic ring is 1. The molecule has 2 N–H and O–H groups in total. The van der Waals surface area contributed by atoms with Crippen LogP contribution in [-0.4, -0.2) is 13.0 Å². The number of nitrogens with zero attached hydrogens (tertiary/aromatic N) is 2. The minimum Gasteiger partial charge on any atom is -0.399 e. The zero-order chi connectivity index (χ0) is 14.7. The maximum atomic E-state index is 13.7. The molecule has 0 spiro atoms. The van der Waals surface area contributed by atoms with E-state index in [-0.39, 0.29) is 5.56 Å². The number of nitriles is 1. The molecule has 5 heteroatoms. The van der Waals surface area contributed by atoms with Gasteiger partial charge < -0.3 is 10.6 Å². The first-order chi connectivity index (χ1) is 9.52. The van der Waals surface area contributed by atoms with Crippen molar-refractivity contribution in [2.45, 2.75) is 0 Å². The van der Waals surface area contributed by atoms with E-state index in [4.69, 9.17) is 11.0 Å². The summed E-state index contributed by atoms with van der Waals surface area (Å²) in [6, 6.07) is 12.3. The lowest BCUT2D eigenvalue weighted by Gasteiger charge is -2.18. The van der Waals surface area contributed by atoms with Crippen LogP contribution in [0.5, 0.6) is 0 Å². The van der Waals surface area contributed by atoms with E-state index in [1.165, 1.54) is 24.1 Å². The van der Waals surface area contributed by atoms with Gasteiger partial charge in [-0.3, -0.25) is 4.79 Å². The van der Waals surface area contributed by atoms with Crippen LogP contribution in [0.3, 0.4) is 0 Å². The number of amides is 1. The van der Waals surface area contributed by atoms with Gasteiger partial charge in [0.25, 0.3) is 5.91 Å². The zero-order valence-corrected chi connectivity index (χ0v) is 10.8. The number of hydrogen-bond acceptors (Lipinski definition) is 3. The maximum Gasteiger partial charge on any atom is 0.261 e. The highest BCUT2D eigenvalue weighted by molar-refractivity contribution is 6.06. The lowest BCUT2D eigenvalue weighted by atomic mass is 10.1. The molecular weight excluding hydrogens is 257 g/mol. The standard InChI is InChI=1S/C15H12FN3O/c1-19(12-4-2-3-10(7-12)9-17)15(20)13-8-11(18)5-6-14(13)16/h2-8H,18H2,1H3. The molecule has 0 saturated heterocycles. The minimum absolute atomic E-state index is 0.102. The number of halogens is 1. The first kappa shape index (κ1) is 13.6. The highest BCUT2D eigenvalue weighted by Gasteiger charge is 2.18. The van der Waals surface area contributed by atoms with Crippen molar-refractivity contribution in [1.82, 2.24) is 0 Å². The molecule has 2 aromatic rings. The van der Waals surface area contributed by atoms with E-state index in [2.05, 4.69) is 0 Å². The summed E-state index contributed by atoms with van der Waals surface area (Å²) in [6.45, 7) is 0. The Labute approximate surface area is 115 Å². The van der Waals surface area contributed by atoms with Crippen LogP contribution in [0.15, 0.2) is 42.5 Å². The second-order valence-electron chi connectivity index (χ2n) is 4.27. The molecule has 0 fully saturated rings. The van der Waals surface area contributed by atoms with E-state index in [1.807, 2.05) is 6.07 Å². The van der Waals surface area contributed by atoms with Crippen molar-refractivity contribution in [3.8, 4) is 6.07 Å². The first-order valence-electron chi connectivity index (χ1n) is 5.86. The first-order valence-corrected chi connectivity index (χ1v) is 5.86. The van der Waals surface area contributed by atoms with Crippen molar-refractivity contribution in [2.24, 2.45) is 0 Å². The molecule has 0 saturated carbocycles. The monoisotopic (exact) mass is 269 g/mol. The van der Waals surface area contributed by atoms with Crippen LogP contribution in [0.1, 0.15) is 15.9 Å². The quantitative estimate of drug-likeness (QED) is 0.852. The van der Waals surface area contributed by atoms with Crippen molar-refractivity contribution >= 4 is 17.3 Å². The second kappa shape index (κ2) is 5.41. The Balaban J connectivity index is 2.37. The van der Waals surface area contributed by atoms with Gasteiger partial charge in [-0.1, -0.05) is 6.07 Å². The van der Waals surface area contributed by atoms with E-state index in [9.17, 15) is 9.18 Å². The summed E-state index contributed by atoms with van der Waals surface area (Å²) >= 11 is 0. The number of hydrogen-bond donors (Lipinski definition) is 1. The van der Waals surface area contributed by atoms with Crippen molar-refractivity contribution in [3.05, 3.63) is 59.4 Å². The molecule has 0 atom stereocenters. The third kappa shape index (κ3) is 2.59. The van der Waals surface area contributed by atoms with Crippen molar-refractivity contribution in [3.63, 3.8) is 0 Å². The Morgan fingerprint density at radius 3 is 2.75 bits per heavy atom. The molecule has 0 radical (unpaired) electrons. The summed E-state index contributed by atoms with van der Waals surface area (Å²) in [4.78, 5) is 13.5. The van der Waals surface area contributed by atoms with Gasteiger partial charge >= 0.3 is 0 Å². The van der Waals surface area contributed by atoms with E-state index >= 15 is 0 Å². The predicted molar refractivity (Wildman–Crippen MR) is 74.7 cm³/mol. The van der Waals surface area contributed by atoms with Crippen LogP contribution >= 0.6 is 0 Å². The molecule has 0 bridgehead atoms. The summed E-state index contributed by atoms with van der Waals surface area (Å²) in [5, 5.41) is 8.85. The van der Waals surface area contributed by atoms with E-state index in [0.29, 0.717) is 16.9 Å². The summed E-state index contributed by atoms with van der Waals surface area (Å²) in [5.41, 5.74) is 6.72. The average Bonchev–Trinajstić information content (AvgIpc) is 2.48. The molecule has 100 valence electrons. The average molecular weight is 269 g/mol. The molecule has 0 aliphatic heterocycles. The molecule has 20 heavy (non-hydrogen) atoms. The third-order valence-electron chi connectivity index (χ3n) is 2.89. The maximum absolute atomic E-state index is 13.7. The molecule has 0 aromatic heterocycles. The van der Waals surface area contributed by atoms with Crippen molar-refractivity contribution in [2.75, 3.05) is 17.7 Å². The van der Waals surface area contributed by atoms with Gasteiger partial charge in [0.15, 0.2) is 0 Å². The van der Waals surface area contributed by atoms with E-state index < -0.39 is 11.7 Å². The molecule has 0 heterocycles. The van der Waals surface area contributed by atoms with Gasteiger partial charge in [-0.05, 0) is 36.4 Å². The second-order valence-corrected chi connectivity index (χ2v) is 4.27. The summed E-state index contributed by atoms with van der Waals surface area (Å²) in [5.74, 6) is -1.16. The van der Waals surface area contributed by atoms with Gasteiger partial charge in [-0.2, -0.15) is 5.26 Å². The normalized spacial score (nSPS) is 9.85. The van der Waals surface area contributed by atoms with Crippen LogP contribution in [0, 0.1) is 17.1 Å². The summed E-state index contributed by atoms with van der Waals surface area (Å²) < 4.78 is 13.7. The van der Waals surface area contributed by atoms with Gasteiger partial charge in [0.05, 0.1) is 17.2 Å². The van der Waals surface area contributed by atoms with E-state index in [1.54, 1.807) is 24.3 Å². The number of carbonyl (C=O) groups excluding carboxylic acids is 1. The predicted octanol–water partition coefficient (Wildman–Crippen LogP) is 2.56. The lowest BCUT2D eigenvalue weighted by molar-refractivity contribution is 0.0989. The molecule has 0 unspecified atom stereocenters. The molecule has 4 nitrogen and oxygen atoms in total. The van der Waals surface area contributed by atoms with Gasteiger partial charge in [0.1, 0.15) is 5.82 Å². The Hall–Kier alpha value is -2.87. The number of nitrogens with two attached hydrogens (primary N) is 1. The van der Waals surface area contributed by atoms with E-state index in [0.717, 1.165) is 6.07 Å². The number of rotatable bonds is 2. The highest BCUT2D eigenvalue weighted by Crippen LogP contribution is 2.19. The number of anilines is 2. The third-order valence-corrected chi connectivity index (χ3v) is 2.89. The number of benzene rings is 2. The Morgan fingerprint density at radius 2 is 2.05 bits per heavy atom. The minimum atomic E-state index is -0.632. The molecule has 2 rings (SSSR count). The van der Waals surface area contributed by atoms with Crippen LogP contribution in [0.2, 0.25) is 0 Å². The fourth-order valence-electron chi connectivity index (χ4n) is 1.79. The lowest BCUT2D eigenvalue weighted by Crippen LogP contribution is -2.27. The van der Waals surface area contributed by atoms with Crippen LogP contribution < -0.4 is 10.6 Å². The fraction of sp³-hybridized carbons (Fsp3) is 0.0667.